The number of nitrogens with zero attached hydrogens (tertiary/aromatic N) is 2. The van der Waals surface area contributed by atoms with E-state index in [9.17, 15) is 8.78 Å². The summed E-state index contributed by atoms with van der Waals surface area (Å²) in [4.78, 5) is 0. The lowest BCUT2D eigenvalue weighted by Gasteiger charge is -2.06. The zero-order valence-corrected chi connectivity index (χ0v) is 11.8. The second-order valence-electron chi connectivity index (χ2n) is 3.91. The second kappa shape index (κ2) is 5.36. The fourth-order valence-electron chi connectivity index (χ4n) is 1.55. The number of alkyl halides is 1. The molecule has 0 spiro atoms. The van der Waals surface area contributed by atoms with Crippen molar-refractivity contribution in [2.45, 2.75) is 18.8 Å². The molecule has 1 atom stereocenters. The lowest BCUT2D eigenvalue weighted by molar-refractivity contribution is 0.529. The quantitative estimate of drug-likeness (QED) is 0.605. The fraction of sp³-hybridized carbons (Fsp3) is 0.250. The highest BCUT2D eigenvalue weighted by atomic mass is 79.9. The number of rotatable bonds is 3. The molecule has 1 aromatic heterocycles. The topological polar surface area (TPSA) is 17.8 Å². The van der Waals surface area contributed by atoms with E-state index in [-0.39, 0.29) is 22.0 Å². The Morgan fingerprint density at radius 1 is 1.44 bits per heavy atom. The Kier molecular flexibility index (Phi) is 4.02. The second-order valence-corrected chi connectivity index (χ2v) is 5.42. The van der Waals surface area contributed by atoms with Gasteiger partial charge in [0.15, 0.2) is 0 Å². The molecule has 0 N–H and O–H groups in total. The molecule has 0 aliphatic carbocycles. The normalized spacial score (nSPS) is 12.7. The highest BCUT2D eigenvalue weighted by molar-refractivity contribution is 9.10. The summed E-state index contributed by atoms with van der Waals surface area (Å²) in [6.45, 7) is 1.84. The Balaban J connectivity index is 2.31. The zero-order valence-electron chi connectivity index (χ0n) is 9.50. The van der Waals surface area contributed by atoms with Gasteiger partial charge in [0.05, 0.1) is 22.6 Å². The molecular formula is C12H10BrClF2N2. The first-order valence-electron chi connectivity index (χ1n) is 5.28. The molecule has 0 fully saturated rings. The molecule has 0 amide bonds. The zero-order chi connectivity index (χ0) is 13.3. The number of hydrogen-bond donors (Lipinski definition) is 0. The summed E-state index contributed by atoms with van der Waals surface area (Å²) in [5.41, 5.74) is 0.786. The average molecular weight is 336 g/mol. The van der Waals surface area contributed by atoms with Crippen LogP contribution in [0.15, 0.2) is 29.0 Å². The van der Waals surface area contributed by atoms with Crippen molar-refractivity contribution in [2.24, 2.45) is 0 Å². The van der Waals surface area contributed by atoms with E-state index >= 15 is 0 Å². The van der Waals surface area contributed by atoms with E-state index in [4.69, 9.17) is 11.6 Å². The smallest absolute Gasteiger partial charge is 0.145 e. The molecule has 6 heteroatoms. The lowest BCUT2D eigenvalue weighted by Crippen LogP contribution is -2.05. The van der Waals surface area contributed by atoms with Gasteiger partial charge >= 0.3 is 0 Å². The summed E-state index contributed by atoms with van der Waals surface area (Å²) >= 11 is 8.93. The number of benzene rings is 1. The largest absolute Gasteiger partial charge is 0.268 e. The van der Waals surface area contributed by atoms with Crippen molar-refractivity contribution in [3.8, 4) is 0 Å². The van der Waals surface area contributed by atoms with Crippen molar-refractivity contribution >= 4 is 27.5 Å². The predicted molar refractivity (Wildman–Crippen MR) is 69.7 cm³/mol. The van der Waals surface area contributed by atoms with E-state index in [1.165, 1.54) is 16.8 Å². The molecule has 1 heterocycles. The van der Waals surface area contributed by atoms with Gasteiger partial charge in [-0.15, -0.1) is 11.6 Å². The Labute approximate surface area is 117 Å². The molecule has 2 rings (SSSR count). The van der Waals surface area contributed by atoms with Gasteiger partial charge in [-0.1, -0.05) is 0 Å². The van der Waals surface area contributed by atoms with E-state index in [0.717, 1.165) is 5.56 Å². The standard InChI is InChI=1S/C12H10BrClF2N2/c1-7(14)8-4-17-18(5-8)6-9-11(15)3-2-10(13)12(9)16/h2-5,7H,6H2,1H3. The van der Waals surface area contributed by atoms with Crippen LogP contribution in [0.4, 0.5) is 8.78 Å². The monoisotopic (exact) mass is 334 g/mol. The Morgan fingerprint density at radius 3 is 2.78 bits per heavy atom. The van der Waals surface area contributed by atoms with Gasteiger partial charge in [-0.05, 0) is 35.0 Å². The van der Waals surface area contributed by atoms with E-state index in [1.807, 2.05) is 6.92 Å². The summed E-state index contributed by atoms with van der Waals surface area (Å²) in [6.07, 6.45) is 3.27. The maximum atomic E-state index is 13.8. The molecular weight excluding hydrogens is 325 g/mol. The van der Waals surface area contributed by atoms with Gasteiger partial charge in [0.25, 0.3) is 0 Å². The van der Waals surface area contributed by atoms with Gasteiger partial charge < -0.3 is 0 Å². The van der Waals surface area contributed by atoms with E-state index < -0.39 is 11.6 Å². The first kappa shape index (κ1) is 13.5. The van der Waals surface area contributed by atoms with Crippen LogP contribution in [0.3, 0.4) is 0 Å². The summed E-state index contributed by atoms with van der Waals surface area (Å²) in [5.74, 6) is -1.20. The van der Waals surface area contributed by atoms with Crippen molar-refractivity contribution in [2.75, 3.05) is 0 Å². The predicted octanol–water partition coefficient (Wildman–Crippen LogP) is 4.27. The van der Waals surface area contributed by atoms with Gasteiger partial charge in [0.1, 0.15) is 11.6 Å². The van der Waals surface area contributed by atoms with Crippen molar-refractivity contribution in [3.63, 3.8) is 0 Å². The van der Waals surface area contributed by atoms with Crippen molar-refractivity contribution in [3.05, 3.63) is 51.8 Å². The maximum Gasteiger partial charge on any atom is 0.145 e. The summed E-state index contributed by atoms with van der Waals surface area (Å²) in [6, 6.07) is 2.56. The third-order valence-corrected chi connectivity index (χ3v) is 3.44. The first-order chi connectivity index (χ1) is 8.49. The van der Waals surface area contributed by atoms with Crippen LogP contribution in [0.1, 0.15) is 23.4 Å². The maximum absolute atomic E-state index is 13.8. The molecule has 1 unspecified atom stereocenters. The fourth-order valence-corrected chi connectivity index (χ4v) is 2.03. The molecule has 2 nitrogen and oxygen atoms in total. The number of halogens is 4. The van der Waals surface area contributed by atoms with Crippen LogP contribution in [0.25, 0.3) is 0 Å². The molecule has 0 radical (unpaired) electrons. The van der Waals surface area contributed by atoms with Crippen LogP contribution in [-0.2, 0) is 6.54 Å². The average Bonchev–Trinajstić information content (AvgIpc) is 2.78. The molecule has 1 aromatic carbocycles. The van der Waals surface area contributed by atoms with Crippen LogP contribution in [-0.4, -0.2) is 9.78 Å². The van der Waals surface area contributed by atoms with Gasteiger partial charge in [-0.2, -0.15) is 5.10 Å². The Bertz CT molecular complexity index is 569. The van der Waals surface area contributed by atoms with Crippen molar-refractivity contribution < 1.29 is 8.78 Å². The summed E-state index contributed by atoms with van der Waals surface area (Å²) in [5, 5.41) is 3.84. The molecule has 0 aliphatic heterocycles. The minimum Gasteiger partial charge on any atom is -0.268 e. The van der Waals surface area contributed by atoms with Crippen LogP contribution in [0.2, 0.25) is 0 Å². The SMILES string of the molecule is CC(Cl)c1cnn(Cc2c(F)ccc(Br)c2F)c1. The molecule has 0 bridgehead atoms. The van der Waals surface area contributed by atoms with Crippen molar-refractivity contribution in [1.82, 2.24) is 9.78 Å². The van der Waals surface area contributed by atoms with Crippen LogP contribution < -0.4 is 0 Å². The van der Waals surface area contributed by atoms with Gasteiger partial charge in [-0.25, -0.2) is 8.78 Å². The molecule has 0 aliphatic rings. The van der Waals surface area contributed by atoms with E-state index in [0.29, 0.717) is 0 Å². The molecule has 2 aromatic rings. The molecule has 96 valence electrons. The minimum atomic E-state index is -0.606. The molecule has 18 heavy (non-hydrogen) atoms. The number of aromatic nitrogens is 2. The van der Waals surface area contributed by atoms with E-state index in [2.05, 4.69) is 21.0 Å². The van der Waals surface area contributed by atoms with Crippen LogP contribution >= 0.6 is 27.5 Å². The summed E-state index contributed by atoms with van der Waals surface area (Å²) < 4.78 is 29.0. The highest BCUT2D eigenvalue weighted by Crippen LogP contribution is 2.23. The third-order valence-electron chi connectivity index (χ3n) is 2.57. The minimum absolute atomic E-state index is 0.0266. The Morgan fingerprint density at radius 2 is 2.17 bits per heavy atom. The highest BCUT2D eigenvalue weighted by Gasteiger charge is 2.14. The summed E-state index contributed by atoms with van der Waals surface area (Å²) in [7, 11) is 0. The lowest BCUT2D eigenvalue weighted by atomic mass is 10.2. The Hall–Kier alpha value is -0.940. The van der Waals surface area contributed by atoms with Crippen LogP contribution in [0.5, 0.6) is 0 Å². The molecule has 0 saturated carbocycles. The van der Waals surface area contributed by atoms with Gasteiger partial charge in [0.2, 0.25) is 0 Å². The van der Waals surface area contributed by atoms with E-state index in [1.54, 1.807) is 12.4 Å². The van der Waals surface area contributed by atoms with Gasteiger partial charge in [0, 0.05) is 17.3 Å². The third kappa shape index (κ3) is 2.72. The van der Waals surface area contributed by atoms with Crippen molar-refractivity contribution in [1.29, 1.82) is 0 Å². The van der Waals surface area contributed by atoms with Gasteiger partial charge in [-0.3, -0.25) is 4.68 Å². The first-order valence-corrected chi connectivity index (χ1v) is 6.50. The number of hydrogen-bond acceptors (Lipinski definition) is 1. The van der Waals surface area contributed by atoms with Crippen LogP contribution in [0, 0.1) is 11.6 Å². The molecule has 0 saturated heterocycles.